The minimum Gasteiger partial charge on any atom is -0.423 e. The Hall–Kier alpha value is -10.8. The Morgan fingerprint density at radius 3 is 1.60 bits per heavy atom. The number of aliphatic hydroxyl groups excluding tert-OH is 1. The predicted molar refractivity (Wildman–Crippen MR) is 341 cm³/mol. The zero-order valence-electron chi connectivity index (χ0n) is 51.8. The highest BCUT2D eigenvalue weighted by molar-refractivity contribution is 7.62. The molecule has 0 spiro atoms. The van der Waals surface area contributed by atoms with E-state index in [9.17, 15) is 92.4 Å². The lowest BCUT2D eigenvalue weighted by atomic mass is 10.1. The summed E-state index contributed by atoms with van der Waals surface area (Å²) in [6.45, 7) is 4.74. The van der Waals surface area contributed by atoms with Gasteiger partial charge in [-0.15, -0.1) is 9.42 Å². The molecule has 0 radical (unpaired) electrons. The van der Waals surface area contributed by atoms with Gasteiger partial charge in [-0.05, 0) is 111 Å². The number of ether oxygens (including phenoxy) is 1. The molecule has 0 fully saturated rings. The van der Waals surface area contributed by atoms with Crippen LogP contribution >= 0.6 is 15.9 Å². The Balaban J connectivity index is 0.000000273. The molecular weight excluding hydrogens is 1350 g/mol. The number of carbonyl (C=O) groups is 3. The van der Waals surface area contributed by atoms with Crippen LogP contribution in [0.3, 0.4) is 0 Å². The molecule has 8 aromatic carbocycles. The van der Waals surface area contributed by atoms with Crippen LogP contribution < -0.4 is 14.9 Å². The summed E-state index contributed by atoms with van der Waals surface area (Å²) in [6.07, 6.45) is -5.45. The Kier molecular flexibility index (Phi) is 32.4. The van der Waals surface area contributed by atoms with Gasteiger partial charge in [-0.25, -0.2) is 14.6 Å². The summed E-state index contributed by atoms with van der Waals surface area (Å²) < 4.78 is 79.4. The largest absolute Gasteiger partial charge is 0.695 e. The van der Waals surface area contributed by atoms with Crippen LogP contribution in [0.2, 0.25) is 0 Å². The van der Waals surface area contributed by atoms with E-state index in [0.717, 1.165) is 17.7 Å². The van der Waals surface area contributed by atoms with Gasteiger partial charge in [-0.1, -0.05) is 91.0 Å². The SMILES string of the molecule is CC(OOCC(F)(F)F)c1ccccc1[N+](=O)[O-].CCOP(=O)(OC(C)c1ccccc1[N+](=O)[O-])c1ccccc1.Cc1ccc(OOCc2ccccc2C(=O)Oc2ccc([N+](=O)[O-])c(C=O)c2)cc1CO.O=Cc1ccccc1[N+](=O)[O-].O=[N+]([O-])c1ccccc1CO[P+](=O)O. The molecule has 30 nitrogen and oxygen atoms in total. The molecule has 0 amide bonds. The molecule has 0 aromatic heterocycles. The number of nitro groups is 5. The number of rotatable bonds is 27. The number of esters is 1. The van der Waals surface area contributed by atoms with E-state index < -0.39 is 71.4 Å². The fourth-order valence-corrected chi connectivity index (χ4v) is 10.0. The smallest absolute Gasteiger partial charge is 0.423 e. The van der Waals surface area contributed by atoms with Crippen molar-refractivity contribution >= 4 is 68.1 Å². The van der Waals surface area contributed by atoms with Crippen molar-refractivity contribution in [2.75, 3.05) is 13.2 Å². The Morgan fingerprint density at radius 1 is 0.582 bits per heavy atom. The molecule has 0 saturated heterocycles. The molecule has 0 aliphatic rings. The van der Waals surface area contributed by atoms with Crippen molar-refractivity contribution in [2.24, 2.45) is 0 Å². The van der Waals surface area contributed by atoms with Gasteiger partial charge < -0.3 is 19.3 Å². The van der Waals surface area contributed by atoms with Gasteiger partial charge in [0.1, 0.15) is 25.1 Å². The molecule has 35 heteroatoms. The van der Waals surface area contributed by atoms with Crippen LogP contribution in [0.15, 0.2) is 188 Å². The van der Waals surface area contributed by atoms with Gasteiger partial charge in [0.25, 0.3) is 28.4 Å². The van der Waals surface area contributed by atoms with E-state index in [1.165, 1.54) is 85.8 Å². The van der Waals surface area contributed by atoms with Crippen molar-refractivity contribution < 1.29 is 109 Å². The summed E-state index contributed by atoms with van der Waals surface area (Å²) in [6, 6.07) is 47.2. The average Bonchev–Trinajstić information content (AvgIpc) is 0.826. The maximum atomic E-state index is 13.1. The first-order valence-corrected chi connectivity index (χ1v) is 30.8. The molecular formula is C63H59F3N5O25P2+. The van der Waals surface area contributed by atoms with Gasteiger partial charge in [-0.3, -0.25) is 69.2 Å². The number of para-hydroxylation sites is 4. The second-order valence-electron chi connectivity index (χ2n) is 19.3. The number of hydrogen-bond acceptors (Lipinski definition) is 24. The third-order valence-corrected chi connectivity index (χ3v) is 15.1. The second-order valence-corrected chi connectivity index (χ2v) is 22.0. The molecule has 0 aliphatic heterocycles. The highest BCUT2D eigenvalue weighted by Crippen LogP contribution is 2.51. The maximum absolute atomic E-state index is 13.1. The van der Waals surface area contributed by atoms with Crippen LogP contribution in [0.4, 0.5) is 41.6 Å². The first-order valence-electron chi connectivity index (χ1n) is 28.1. The molecule has 516 valence electrons. The van der Waals surface area contributed by atoms with Gasteiger partial charge in [0, 0.05) is 34.9 Å². The van der Waals surface area contributed by atoms with E-state index in [-0.39, 0.29) is 88.4 Å². The van der Waals surface area contributed by atoms with E-state index in [1.807, 2.05) is 6.92 Å². The van der Waals surface area contributed by atoms with E-state index in [4.69, 9.17) is 28.5 Å². The standard InChI is InChI=1S/C23H19NO8.C16H18NO5P.C10H10F3NO4.C7H6NO5P.C7H5NO3/c1-15-6-7-20(10-17(15)12-25)32-30-14-16-4-2-3-5-21(16)23(27)31-19-8-9-22(24(28)29)18(11-19)13-26;1-3-21-23(20,14-9-5-4-6-10-14)22-13(2)15-11-7-8-12-16(15)17(18)19;1-7(18-17-6-10(11,12)13)8-4-2-3-5-9(8)14(15)16;9-8(10)7-4-2-1-3-6(7)5-13-14(11)12;9-5-6-3-1-2-4-7(6)8(10)11/h2-11,13,25H,12,14H2,1H3;4-13H,3H2,1-2H3;2-5,7H,6H2,1H3;1-4H,5H2;1-5H/p+1. The van der Waals surface area contributed by atoms with Crippen molar-refractivity contribution in [1.82, 2.24) is 0 Å². The number of hydrogen-bond donors (Lipinski definition) is 2. The number of alkyl halides is 3. The summed E-state index contributed by atoms with van der Waals surface area (Å²) in [7, 11) is -6.29. The zero-order chi connectivity index (χ0) is 72.5. The monoisotopic (exact) mass is 1400 g/mol. The molecule has 98 heavy (non-hydrogen) atoms. The van der Waals surface area contributed by atoms with Crippen molar-refractivity contribution in [3.8, 4) is 11.5 Å². The number of carbonyl (C=O) groups excluding carboxylic acids is 3. The maximum Gasteiger partial charge on any atom is 0.695 e. The predicted octanol–water partition coefficient (Wildman–Crippen LogP) is 14.5. The lowest BCUT2D eigenvalue weighted by Crippen LogP contribution is -2.18. The highest BCUT2D eigenvalue weighted by atomic mass is 31.2. The van der Waals surface area contributed by atoms with E-state index in [0.29, 0.717) is 40.3 Å². The van der Waals surface area contributed by atoms with Crippen LogP contribution in [0.1, 0.15) is 97.4 Å². The third-order valence-electron chi connectivity index (χ3n) is 12.7. The first kappa shape index (κ1) is 79.6. The lowest BCUT2D eigenvalue weighted by Gasteiger charge is -2.22. The molecule has 2 N–H and O–H groups in total. The fourth-order valence-electron chi connectivity index (χ4n) is 8.05. The molecule has 0 bridgehead atoms. The number of aryl methyl sites for hydroxylation is 1. The van der Waals surface area contributed by atoms with Crippen molar-refractivity contribution in [2.45, 2.75) is 65.9 Å². The Bertz CT molecular complexity index is 4120. The topological polar surface area (TPSA) is 415 Å². The Labute approximate surface area is 554 Å². The van der Waals surface area contributed by atoms with E-state index in [1.54, 1.807) is 111 Å². The van der Waals surface area contributed by atoms with Crippen molar-refractivity contribution in [3.63, 3.8) is 0 Å². The van der Waals surface area contributed by atoms with Crippen molar-refractivity contribution in [3.05, 3.63) is 289 Å². The summed E-state index contributed by atoms with van der Waals surface area (Å²) in [5.41, 5.74) is 2.00. The van der Waals surface area contributed by atoms with Crippen LogP contribution in [0, 0.1) is 57.5 Å². The summed E-state index contributed by atoms with van der Waals surface area (Å²) in [5, 5.41) is 63.2. The molecule has 4 unspecified atom stereocenters. The molecule has 4 atom stereocenters. The molecule has 8 aromatic rings. The van der Waals surface area contributed by atoms with Gasteiger partial charge >= 0.3 is 28.0 Å². The van der Waals surface area contributed by atoms with Gasteiger partial charge in [0.15, 0.2) is 24.9 Å². The number of halogens is 3. The number of benzene rings is 8. The summed E-state index contributed by atoms with van der Waals surface area (Å²) in [5.74, 6) is -0.342. The molecule has 0 heterocycles. The summed E-state index contributed by atoms with van der Waals surface area (Å²) >= 11 is 0. The number of nitro benzene ring substituents is 5. The number of aldehydes is 2. The molecule has 0 saturated carbocycles. The van der Waals surface area contributed by atoms with Gasteiger partial charge in [0.2, 0.25) is 0 Å². The van der Waals surface area contributed by atoms with E-state index in [2.05, 4.69) is 14.3 Å². The minimum absolute atomic E-state index is 0.00846. The van der Waals surface area contributed by atoms with Gasteiger partial charge in [-0.2, -0.15) is 18.1 Å². The lowest BCUT2D eigenvalue weighted by molar-refractivity contribution is -0.390. The molecule has 8 rings (SSSR count). The molecule has 0 aliphatic carbocycles. The highest BCUT2D eigenvalue weighted by Gasteiger charge is 2.33. The zero-order valence-corrected chi connectivity index (χ0v) is 53.6. The normalized spacial score (nSPS) is 11.9. The number of aliphatic hydroxyl groups is 1. The quantitative estimate of drug-likeness (QED) is 0.00918. The fraction of sp³-hybridized carbons (Fsp3) is 0.190. The number of nitrogens with zero attached hydrogens (tertiary/aromatic N) is 5. The van der Waals surface area contributed by atoms with E-state index >= 15 is 0 Å². The van der Waals surface area contributed by atoms with Gasteiger partial charge in [0.05, 0.1) is 82.6 Å². The van der Waals surface area contributed by atoms with Crippen LogP contribution in [0.25, 0.3) is 0 Å². The first-order chi connectivity index (χ1) is 46.6. The average molecular weight is 1410 g/mol. The van der Waals surface area contributed by atoms with Crippen LogP contribution in [-0.2, 0) is 57.2 Å². The Morgan fingerprint density at radius 2 is 1.07 bits per heavy atom. The van der Waals surface area contributed by atoms with Crippen LogP contribution in [-0.4, -0.2) is 72.5 Å². The second kappa shape index (κ2) is 39.9. The third kappa shape index (κ3) is 25.7. The van der Waals surface area contributed by atoms with Crippen LogP contribution in [0.5, 0.6) is 11.5 Å². The summed E-state index contributed by atoms with van der Waals surface area (Å²) in [4.78, 5) is 112. The van der Waals surface area contributed by atoms with Crippen molar-refractivity contribution in [1.29, 1.82) is 0 Å². The minimum atomic E-state index is -4.51.